The van der Waals surface area contributed by atoms with Gasteiger partial charge in [-0.15, -0.1) is 0 Å². The summed E-state index contributed by atoms with van der Waals surface area (Å²) in [5, 5.41) is 10.5. The number of thiazole rings is 1. The summed E-state index contributed by atoms with van der Waals surface area (Å²) in [7, 11) is 1.55. The molecule has 19 heavy (non-hydrogen) atoms. The highest BCUT2D eigenvalue weighted by molar-refractivity contribution is 7.16. The highest BCUT2D eigenvalue weighted by Gasteiger charge is 2.19. The molecule has 0 N–H and O–H groups in total. The number of rotatable bonds is 4. The van der Waals surface area contributed by atoms with Crippen molar-refractivity contribution in [1.82, 2.24) is 4.98 Å². The van der Waals surface area contributed by atoms with Gasteiger partial charge >= 0.3 is 5.00 Å². The van der Waals surface area contributed by atoms with E-state index in [1.807, 2.05) is 6.92 Å². The van der Waals surface area contributed by atoms with Crippen molar-refractivity contribution in [3.8, 4) is 5.75 Å². The Balaban J connectivity index is 2.33. The third kappa shape index (κ3) is 2.60. The summed E-state index contributed by atoms with van der Waals surface area (Å²) in [5.41, 5.74) is 1.25. The fourth-order valence-corrected chi connectivity index (χ4v) is 2.29. The van der Waals surface area contributed by atoms with Gasteiger partial charge in [0.1, 0.15) is 11.9 Å². The van der Waals surface area contributed by atoms with Gasteiger partial charge in [0.05, 0.1) is 12.0 Å². The third-order valence-electron chi connectivity index (χ3n) is 2.52. The number of ether oxygens (including phenoxy) is 1. The van der Waals surface area contributed by atoms with Crippen LogP contribution in [0.2, 0.25) is 0 Å². The van der Waals surface area contributed by atoms with E-state index in [1.54, 1.807) is 25.3 Å². The summed E-state index contributed by atoms with van der Waals surface area (Å²) in [5.74, 6) is 0.352. The van der Waals surface area contributed by atoms with Gasteiger partial charge in [-0.3, -0.25) is 14.9 Å². The topological polar surface area (TPSA) is 82.3 Å². The Morgan fingerprint density at radius 1 is 1.47 bits per heavy atom. The average Bonchev–Trinajstić information content (AvgIpc) is 2.87. The Labute approximate surface area is 112 Å². The molecule has 1 aromatic heterocycles. The van der Waals surface area contributed by atoms with Crippen LogP contribution in [0.25, 0.3) is 0 Å². The minimum absolute atomic E-state index is 0.108. The first kappa shape index (κ1) is 13.2. The van der Waals surface area contributed by atoms with E-state index in [1.165, 1.54) is 0 Å². The molecule has 1 aromatic carbocycles. The maximum absolute atomic E-state index is 12.1. The monoisotopic (exact) mass is 278 g/mol. The maximum Gasteiger partial charge on any atom is 0.344 e. The summed E-state index contributed by atoms with van der Waals surface area (Å²) in [6, 6.07) is 4.97. The molecule has 0 saturated carbocycles. The lowest BCUT2D eigenvalue weighted by atomic mass is 10.1. The van der Waals surface area contributed by atoms with E-state index in [-0.39, 0.29) is 15.8 Å². The molecule has 0 spiro atoms. The standard InChI is InChI=1S/C12H10N2O4S/c1-7-5-8(3-4-9(7)18-2)11(15)12-13-6-10(19-12)14(16)17/h3-6H,1-2H3. The average molecular weight is 278 g/mol. The van der Waals surface area contributed by atoms with Crippen LogP contribution >= 0.6 is 11.3 Å². The van der Waals surface area contributed by atoms with Crippen molar-refractivity contribution in [3.63, 3.8) is 0 Å². The van der Waals surface area contributed by atoms with Crippen LogP contribution in [0.3, 0.4) is 0 Å². The minimum Gasteiger partial charge on any atom is -0.496 e. The second kappa shape index (κ2) is 5.15. The number of ketones is 1. The molecule has 7 heteroatoms. The van der Waals surface area contributed by atoms with Crippen molar-refractivity contribution in [3.05, 3.63) is 50.6 Å². The van der Waals surface area contributed by atoms with Gasteiger partial charge in [-0.1, -0.05) is 0 Å². The predicted octanol–water partition coefficient (Wildman–Crippen LogP) is 2.60. The van der Waals surface area contributed by atoms with E-state index in [4.69, 9.17) is 4.74 Å². The highest BCUT2D eigenvalue weighted by atomic mass is 32.1. The molecule has 0 atom stereocenters. The predicted molar refractivity (Wildman–Crippen MR) is 69.9 cm³/mol. The molecule has 0 radical (unpaired) electrons. The molecule has 2 aromatic rings. The second-order valence-electron chi connectivity index (χ2n) is 3.77. The molecule has 0 aliphatic heterocycles. The SMILES string of the molecule is COc1ccc(C(=O)c2ncc([N+](=O)[O-])s2)cc1C. The Morgan fingerprint density at radius 3 is 2.74 bits per heavy atom. The number of hydrogen-bond donors (Lipinski definition) is 0. The Kier molecular flexibility index (Phi) is 3.57. The molecule has 98 valence electrons. The number of methoxy groups -OCH3 is 1. The summed E-state index contributed by atoms with van der Waals surface area (Å²) in [6.45, 7) is 1.82. The number of nitro groups is 1. The molecule has 0 aliphatic carbocycles. The molecule has 0 fully saturated rings. The van der Waals surface area contributed by atoms with Crippen molar-refractivity contribution in [2.24, 2.45) is 0 Å². The van der Waals surface area contributed by atoms with Gasteiger partial charge < -0.3 is 4.74 Å². The number of aromatic nitrogens is 1. The third-order valence-corrected chi connectivity index (χ3v) is 3.47. The van der Waals surface area contributed by atoms with Gasteiger partial charge in [0.15, 0.2) is 5.01 Å². The van der Waals surface area contributed by atoms with Crippen LogP contribution in [0, 0.1) is 17.0 Å². The van der Waals surface area contributed by atoms with Crippen LogP contribution in [0.1, 0.15) is 20.9 Å². The summed E-state index contributed by atoms with van der Waals surface area (Å²) in [4.78, 5) is 25.9. The number of nitrogens with zero attached hydrogens (tertiary/aromatic N) is 2. The number of carbonyl (C=O) groups is 1. The Hall–Kier alpha value is -2.28. The van der Waals surface area contributed by atoms with Crippen LogP contribution in [-0.4, -0.2) is 22.8 Å². The number of aryl methyl sites for hydroxylation is 1. The van der Waals surface area contributed by atoms with Crippen LogP contribution < -0.4 is 4.74 Å². The van der Waals surface area contributed by atoms with E-state index in [0.717, 1.165) is 23.1 Å². The molecular weight excluding hydrogens is 268 g/mol. The smallest absolute Gasteiger partial charge is 0.344 e. The lowest BCUT2D eigenvalue weighted by Gasteiger charge is -2.05. The molecule has 2 rings (SSSR count). The van der Waals surface area contributed by atoms with Crippen molar-refractivity contribution in [2.45, 2.75) is 6.92 Å². The molecular formula is C12H10N2O4S. The quantitative estimate of drug-likeness (QED) is 0.487. The highest BCUT2D eigenvalue weighted by Crippen LogP contribution is 2.25. The van der Waals surface area contributed by atoms with E-state index in [9.17, 15) is 14.9 Å². The fraction of sp³-hybridized carbons (Fsp3) is 0.167. The first-order valence-electron chi connectivity index (χ1n) is 5.32. The lowest BCUT2D eigenvalue weighted by molar-refractivity contribution is -0.380. The van der Waals surface area contributed by atoms with Gasteiger partial charge in [0.2, 0.25) is 5.78 Å². The first-order chi connectivity index (χ1) is 9.02. The van der Waals surface area contributed by atoms with Crippen molar-refractivity contribution >= 4 is 22.1 Å². The number of carbonyl (C=O) groups excluding carboxylic acids is 1. The van der Waals surface area contributed by atoms with Crippen LogP contribution in [0.15, 0.2) is 24.4 Å². The van der Waals surface area contributed by atoms with Gasteiger partial charge in [-0.25, -0.2) is 4.98 Å². The van der Waals surface area contributed by atoms with E-state index >= 15 is 0 Å². The summed E-state index contributed by atoms with van der Waals surface area (Å²) in [6.07, 6.45) is 1.09. The molecule has 0 aliphatic rings. The zero-order chi connectivity index (χ0) is 14.0. The summed E-state index contributed by atoms with van der Waals surface area (Å²) < 4.78 is 5.11. The molecule has 0 amide bonds. The Bertz CT molecular complexity index is 651. The van der Waals surface area contributed by atoms with Crippen molar-refractivity contribution in [2.75, 3.05) is 7.11 Å². The fourth-order valence-electron chi connectivity index (χ4n) is 1.60. The van der Waals surface area contributed by atoms with Gasteiger partial charge in [0, 0.05) is 5.56 Å². The zero-order valence-corrected chi connectivity index (χ0v) is 11.1. The van der Waals surface area contributed by atoms with Crippen LogP contribution in [0.4, 0.5) is 5.00 Å². The van der Waals surface area contributed by atoms with Crippen molar-refractivity contribution < 1.29 is 14.5 Å². The molecule has 6 nitrogen and oxygen atoms in total. The van der Waals surface area contributed by atoms with Gasteiger partial charge in [-0.2, -0.15) is 0 Å². The summed E-state index contributed by atoms with van der Waals surface area (Å²) >= 11 is 0.769. The lowest BCUT2D eigenvalue weighted by Crippen LogP contribution is -2.01. The van der Waals surface area contributed by atoms with Crippen molar-refractivity contribution in [1.29, 1.82) is 0 Å². The normalized spacial score (nSPS) is 10.2. The second-order valence-corrected chi connectivity index (χ2v) is 4.78. The number of benzene rings is 1. The molecule has 1 heterocycles. The Morgan fingerprint density at radius 2 is 2.21 bits per heavy atom. The van der Waals surface area contributed by atoms with E-state index in [2.05, 4.69) is 4.98 Å². The number of hydrogen-bond acceptors (Lipinski definition) is 6. The maximum atomic E-state index is 12.1. The molecule has 0 unspecified atom stereocenters. The zero-order valence-electron chi connectivity index (χ0n) is 10.2. The largest absolute Gasteiger partial charge is 0.496 e. The minimum atomic E-state index is -0.562. The van der Waals surface area contributed by atoms with Crippen LogP contribution in [-0.2, 0) is 0 Å². The van der Waals surface area contributed by atoms with E-state index < -0.39 is 4.92 Å². The molecule has 0 bridgehead atoms. The first-order valence-corrected chi connectivity index (χ1v) is 6.14. The van der Waals surface area contributed by atoms with Crippen LogP contribution in [0.5, 0.6) is 5.75 Å². The van der Waals surface area contributed by atoms with Gasteiger partial charge in [-0.05, 0) is 42.0 Å². The molecule has 0 saturated heterocycles. The van der Waals surface area contributed by atoms with E-state index in [0.29, 0.717) is 11.3 Å². The van der Waals surface area contributed by atoms with Gasteiger partial charge in [0.25, 0.3) is 0 Å².